The Kier molecular flexibility index (Phi) is 6.09. The number of fused-ring (bicyclic) bond motifs is 2. The van der Waals surface area contributed by atoms with E-state index >= 15 is 0 Å². The van der Waals surface area contributed by atoms with Gasteiger partial charge in [0.15, 0.2) is 0 Å². The molecule has 1 heterocycles. The van der Waals surface area contributed by atoms with Crippen molar-refractivity contribution in [3.8, 4) is 0 Å². The predicted octanol–water partition coefficient (Wildman–Crippen LogP) is 3.99. The molecule has 2 aromatic rings. The molecule has 4 rings (SSSR count). The fraction of sp³-hybridized carbons (Fsp3) is 0.500. The minimum absolute atomic E-state index is 0.0774. The smallest absolute Gasteiger partial charge is 0.213 e. The van der Waals surface area contributed by atoms with E-state index in [1.807, 2.05) is 12.1 Å². The van der Waals surface area contributed by atoms with E-state index in [0.717, 1.165) is 24.9 Å². The number of aryl methyl sites for hydroxylation is 1. The van der Waals surface area contributed by atoms with Gasteiger partial charge in [0.05, 0.1) is 5.75 Å². The highest BCUT2D eigenvalue weighted by molar-refractivity contribution is 7.88. The number of nitrogens with two attached hydrogens (primary N) is 1. The van der Waals surface area contributed by atoms with Crippen LogP contribution >= 0.6 is 0 Å². The zero-order valence-electron chi connectivity index (χ0n) is 17.1. The van der Waals surface area contributed by atoms with Crippen molar-refractivity contribution < 1.29 is 8.42 Å². The molecule has 2 aromatic carbocycles. The van der Waals surface area contributed by atoms with Crippen molar-refractivity contribution in [2.45, 2.75) is 62.2 Å². The summed E-state index contributed by atoms with van der Waals surface area (Å²) in [4.78, 5) is 2.70. The van der Waals surface area contributed by atoms with Gasteiger partial charge >= 0.3 is 0 Å². The quantitative estimate of drug-likeness (QED) is 0.748. The molecule has 2 N–H and O–H groups in total. The van der Waals surface area contributed by atoms with E-state index in [1.54, 1.807) is 0 Å². The average Bonchev–Trinajstić information content (AvgIpc) is 2.70. The summed E-state index contributed by atoms with van der Waals surface area (Å²) in [6, 6.07) is 19.6. The van der Waals surface area contributed by atoms with E-state index in [9.17, 15) is 8.42 Å². The number of rotatable bonds is 7. The molecular weight excluding hydrogens is 380 g/mol. The molecule has 2 atom stereocenters. The van der Waals surface area contributed by atoms with Gasteiger partial charge in [-0.05, 0) is 73.7 Å². The summed E-state index contributed by atoms with van der Waals surface area (Å²) in [5.74, 6) is -0.0774. The SMILES string of the molecule is NS(=O)(=O)Cc1cccc(C23CCCC(C2)N(CCCc2ccccc2)CC3)c1. The van der Waals surface area contributed by atoms with Crippen LogP contribution in [-0.2, 0) is 27.6 Å². The van der Waals surface area contributed by atoms with Crippen LogP contribution in [-0.4, -0.2) is 32.4 Å². The molecule has 2 aliphatic rings. The van der Waals surface area contributed by atoms with Crippen LogP contribution in [0.1, 0.15) is 55.2 Å². The number of primary sulfonamides is 1. The largest absolute Gasteiger partial charge is 0.300 e. The second-order valence-corrected chi connectivity index (χ2v) is 10.5. The number of likely N-dealkylation sites (tertiary alicyclic amines) is 1. The van der Waals surface area contributed by atoms with Crippen molar-refractivity contribution in [1.29, 1.82) is 0 Å². The van der Waals surface area contributed by atoms with E-state index in [0.29, 0.717) is 6.04 Å². The van der Waals surface area contributed by atoms with Gasteiger partial charge in [0.2, 0.25) is 10.0 Å². The van der Waals surface area contributed by atoms with Crippen LogP contribution in [0.25, 0.3) is 0 Å². The molecule has 1 saturated carbocycles. The van der Waals surface area contributed by atoms with Gasteiger partial charge in [-0.2, -0.15) is 0 Å². The lowest BCUT2D eigenvalue weighted by Crippen LogP contribution is -2.52. The second-order valence-electron chi connectivity index (χ2n) is 8.91. The third-order valence-electron chi connectivity index (χ3n) is 6.87. The zero-order valence-corrected chi connectivity index (χ0v) is 17.9. The number of piperidine rings is 1. The molecule has 0 amide bonds. The molecule has 2 bridgehead atoms. The van der Waals surface area contributed by atoms with Crippen LogP contribution in [0, 0.1) is 0 Å². The van der Waals surface area contributed by atoms with Crippen LogP contribution in [0.4, 0.5) is 0 Å². The van der Waals surface area contributed by atoms with Gasteiger partial charge in [0, 0.05) is 6.04 Å². The molecule has 2 unspecified atom stereocenters. The van der Waals surface area contributed by atoms with Crippen molar-refractivity contribution in [1.82, 2.24) is 4.90 Å². The molecule has 29 heavy (non-hydrogen) atoms. The Balaban J connectivity index is 1.41. The summed E-state index contributed by atoms with van der Waals surface area (Å²) in [5, 5.41) is 5.27. The standard InChI is InChI=1S/C24H32N2O2S/c25-29(27,28)19-21-9-4-11-22(17-21)24-13-5-12-23(18-24)26(16-14-24)15-6-10-20-7-2-1-3-8-20/h1-4,7-9,11,17,23H,5-6,10,12-16,18-19H2,(H2,25,27,28). The highest BCUT2D eigenvalue weighted by Gasteiger charge is 2.43. The summed E-state index contributed by atoms with van der Waals surface area (Å²) < 4.78 is 23.0. The maximum atomic E-state index is 11.5. The van der Waals surface area contributed by atoms with E-state index in [4.69, 9.17) is 5.14 Å². The fourth-order valence-electron chi connectivity index (χ4n) is 5.47. The first-order valence-electron chi connectivity index (χ1n) is 10.8. The van der Waals surface area contributed by atoms with Crippen LogP contribution < -0.4 is 5.14 Å². The highest BCUT2D eigenvalue weighted by atomic mass is 32.2. The zero-order chi connectivity index (χ0) is 20.3. The molecule has 5 heteroatoms. The molecule has 156 valence electrons. The lowest BCUT2D eigenvalue weighted by molar-refractivity contribution is 0.0509. The summed E-state index contributed by atoms with van der Waals surface area (Å²) in [5.41, 5.74) is 3.75. The first-order chi connectivity index (χ1) is 13.9. The summed E-state index contributed by atoms with van der Waals surface area (Å²) >= 11 is 0. The number of hydrogen-bond donors (Lipinski definition) is 1. The molecule has 1 saturated heterocycles. The predicted molar refractivity (Wildman–Crippen MR) is 118 cm³/mol. The Hall–Kier alpha value is -1.69. The minimum atomic E-state index is -3.50. The molecule has 0 spiro atoms. The molecule has 0 radical (unpaired) electrons. The summed E-state index contributed by atoms with van der Waals surface area (Å²) in [6.45, 7) is 2.31. The van der Waals surface area contributed by atoms with E-state index in [2.05, 4.69) is 47.4 Å². The maximum absolute atomic E-state index is 11.5. The third kappa shape index (κ3) is 5.08. The van der Waals surface area contributed by atoms with Crippen LogP contribution in [0.2, 0.25) is 0 Å². The van der Waals surface area contributed by atoms with Gasteiger partial charge in [-0.15, -0.1) is 0 Å². The molecule has 0 aromatic heterocycles. The van der Waals surface area contributed by atoms with Gasteiger partial charge < -0.3 is 4.90 Å². The first kappa shape index (κ1) is 20.6. The van der Waals surface area contributed by atoms with Crippen molar-refractivity contribution in [3.63, 3.8) is 0 Å². The Morgan fingerprint density at radius 2 is 1.83 bits per heavy atom. The summed E-state index contributed by atoms with van der Waals surface area (Å²) in [6.07, 6.45) is 8.44. The Labute approximate surface area is 175 Å². The Morgan fingerprint density at radius 1 is 1.03 bits per heavy atom. The van der Waals surface area contributed by atoms with E-state index < -0.39 is 10.0 Å². The molecule has 4 nitrogen and oxygen atoms in total. The topological polar surface area (TPSA) is 63.4 Å². The van der Waals surface area contributed by atoms with E-state index in [1.165, 1.54) is 49.8 Å². The average molecular weight is 413 g/mol. The first-order valence-corrected chi connectivity index (χ1v) is 12.5. The van der Waals surface area contributed by atoms with Crippen LogP contribution in [0.5, 0.6) is 0 Å². The number of hydrogen-bond acceptors (Lipinski definition) is 3. The fourth-order valence-corrected chi connectivity index (χ4v) is 6.11. The van der Waals surface area contributed by atoms with Gasteiger partial charge in [-0.1, -0.05) is 61.0 Å². The van der Waals surface area contributed by atoms with Crippen LogP contribution in [0.3, 0.4) is 0 Å². The van der Waals surface area contributed by atoms with Gasteiger partial charge in [-0.25, -0.2) is 13.6 Å². The normalized spacial score (nSPS) is 25.1. The Bertz CT molecular complexity index is 929. The summed E-state index contributed by atoms with van der Waals surface area (Å²) in [7, 11) is -3.50. The maximum Gasteiger partial charge on any atom is 0.213 e. The highest BCUT2D eigenvalue weighted by Crippen LogP contribution is 2.47. The minimum Gasteiger partial charge on any atom is -0.300 e. The molecule has 2 fully saturated rings. The molecule has 1 aliphatic carbocycles. The molecule has 1 aliphatic heterocycles. The van der Waals surface area contributed by atoms with Gasteiger partial charge in [-0.3, -0.25) is 0 Å². The number of benzene rings is 2. The third-order valence-corrected chi connectivity index (χ3v) is 7.61. The lowest BCUT2D eigenvalue weighted by Gasteiger charge is -2.51. The van der Waals surface area contributed by atoms with Crippen molar-refractivity contribution in [3.05, 3.63) is 71.3 Å². The van der Waals surface area contributed by atoms with Gasteiger partial charge in [0.25, 0.3) is 0 Å². The Morgan fingerprint density at radius 3 is 2.62 bits per heavy atom. The molecular formula is C24H32N2O2S. The monoisotopic (exact) mass is 412 g/mol. The van der Waals surface area contributed by atoms with Crippen molar-refractivity contribution in [2.24, 2.45) is 5.14 Å². The number of nitrogens with zero attached hydrogens (tertiary/aromatic N) is 1. The lowest BCUT2D eigenvalue weighted by atomic mass is 9.63. The van der Waals surface area contributed by atoms with E-state index in [-0.39, 0.29) is 11.2 Å². The van der Waals surface area contributed by atoms with Gasteiger partial charge in [0.1, 0.15) is 0 Å². The van der Waals surface area contributed by atoms with Crippen molar-refractivity contribution in [2.75, 3.05) is 13.1 Å². The second kappa shape index (κ2) is 8.58. The number of sulfonamides is 1. The van der Waals surface area contributed by atoms with Crippen LogP contribution in [0.15, 0.2) is 54.6 Å². The van der Waals surface area contributed by atoms with Crippen molar-refractivity contribution >= 4 is 10.0 Å².